The molecule has 1 rings (SSSR count). The highest BCUT2D eigenvalue weighted by Crippen LogP contribution is 2.21. The molecule has 0 saturated carbocycles. The highest BCUT2D eigenvalue weighted by atomic mass is 16.7. The Bertz CT molecular complexity index is 288. The molecule has 1 aliphatic heterocycles. The average Bonchev–Trinajstić information content (AvgIpc) is 2.27. The summed E-state index contributed by atoms with van der Waals surface area (Å²) in [7, 11) is 0. The van der Waals surface area contributed by atoms with Gasteiger partial charge < -0.3 is 14.4 Å². The summed E-state index contributed by atoms with van der Waals surface area (Å²) in [6.07, 6.45) is -0.172. The summed E-state index contributed by atoms with van der Waals surface area (Å²) < 4.78 is 11.2. The standard InChI is InChI=1S/C14H28N2O3/c1-6-18-13(19-7-2)10-15-8-9-16(12(3)17)14(4,5)11-15/h13H,6-11H2,1-5H3. The van der Waals surface area contributed by atoms with E-state index in [2.05, 4.69) is 18.7 Å². The van der Waals surface area contributed by atoms with Crippen molar-refractivity contribution in [2.24, 2.45) is 0 Å². The molecule has 5 heteroatoms. The van der Waals surface area contributed by atoms with Crippen LogP contribution in [0.2, 0.25) is 0 Å². The average molecular weight is 272 g/mol. The van der Waals surface area contributed by atoms with Crippen molar-refractivity contribution in [1.29, 1.82) is 0 Å². The van der Waals surface area contributed by atoms with Gasteiger partial charge in [-0.2, -0.15) is 0 Å². The smallest absolute Gasteiger partial charge is 0.219 e. The van der Waals surface area contributed by atoms with Gasteiger partial charge in [-0.05, 0) is 27.7 Å². The van der Waals surface area contributed by atoms with Crippen molar-refractivity contribution in [2.75, 3.05) is 39.4 Å². The molecule has 0 N–H and O–H groups in total. The van der Waals surface area contributed by atoms with Crippen molar-refractivity contribution in [1.82, 2.24) is 9.80 Å². The van der Waals surface area contributed by atoms with E-state index in [-0.39, 0.29) is 17.7 Å². The van der Waals surface area contributed by atoms with E-state index in [9.17, 15) is 4.79 Å². The van der Waals surface area contributed by atoms with Gasteiger partial charge in [-0.15, -0.1) is 0 Å². The second-order valence-electron chi connectivity index (χ2n) is 5.56. The first kappa shape index (κ1) is 16.4. The van der Waals surface area contributed by atoms with Crippen LogP contribution >= 0.6 is 0 Å². The third-order valence-electron chi connectivity index (χ3n) is 3.47. The lowest BCUT2D eigenvalue weighted by molar-refractivity contribution is -0.157. The predicted octanol–water partition coefficient (Wildman–Crippen LogP) is 1.33. The molecule has 1 fully saturated rings. The molecule has 0 aliphatic carbocycles. The van der Waals surface area contributed by atoms with Gasteiger partial charge in [0, 0.05) is 51.9 Å². The summed E-state index contributed by atoms with van der Waals surface area (Å²) in [4.78, 5) is 15.9. The first-order chi connectivity index (χ1) is 8.90. The van der Waals surface area contributed by atoms with Crippen molar-refractivity contribution >= 4 is 5.91 Å². The Morgan fingerprint density at radius 1 is 1.21 bits per heavy atom. The number of rotatable bonds is 6. The Kier molecular flexibility index (Phi) is 6.23. The Labute approximate surface area is 116 Å². The van der Waals surface area contributed by atoms with Crippen LogP contribution in [0.25, 0.3) is 0 Å². The highest BCUT2D eigenvalue weighted by molar-refractivity contribution is 5.74. The van der Waals surface area contributed by atoms with Crippen LogP contribution in [0.4, 0.5) is 0 Å². The lowest BCUT2D eigenvalue weighted by Crippen LogP contribution is -2.61. The maximum atomic E-state index is 11.6. The number of amides is 1. The number of hydrogen-bond acceptors (Lipinski definition) is 4. The fourth-order valence-corrected chi connectivity index (χ4v) is 2.73. The van der Waals surface area contributed by atoms with Crippen LogP contribution < -0.4 is 0 Å². The molecule has 0 bridgehead atoms. The highest BCUT2D eigenvalue weighted by Gasteiger charge is 2.35. The van der Waals surface area contributed by atoms with Crippen molar-refractivity contribution in [3.8, 4) is 0 Å². The molecule has 0 atom stereocenters. The quantitative estimate of drug-likeness (QED) is 0.684. The summed E-state index contributed by atoms with van der Waals surface area (Å²) in [6.45, 7) is 14.4. The molecule has 1 heterocycles. The molecule has 0 unspecified atom stereocenters. The van der Waals surface area contributed by atoms with E-state index in [4.69, 9.17) is 9.47 Å². The van der Waals surface area contributed by atoms with Gasteiger partial charge in [0.25, 0.3) is 0 Å². The van der Waals surface area contributed by atoms with Gasteiger partial charge in [0.2, 0.25) is 5.91 Å². The van der Waals surface area contributed by atoms with Crippen LogP contribution in [0.1, 0.15) is 34.6 Å². The van der Waals surface area contributed by atoms with Crippen LogP contribution in [0.15, 0.2) is 0 Å². The third-order valence-corrected chi connectivity index (χ3v) is 3.47. The SMILES string of the molecule is CCOC(CN1CCN(C(C)=O)C(C)(C)C1)OCC. The molecule has 1 saturated heterocycles. The number of ether oxygens (including phenoxy) is 2. The minimum atomic E-state index is -0.172. The van der Waals surface area contributed by atoms with E-state index in [0.717, 1.165) is 26.2 Å². The monoisotopic (exact) mass is 272 g/mol. The van der Waals surface area contributed by atoms with E-state index in [0.29, 0.717) is 13.2 Å². The van der Waals surface area contributed by atoms with Crippen molar-refractivity contribution in [2.45, 2.75) is 46.4 Å². The fourth-order valence-electron chi connectivity index (χ4n) is 2.73. The zero-order chi connectivity index (χ0) is 14.5. The fraction of sp³-hybridized carbons (Fsp3) is 0.929. The Morgan fingerprint density at radius 2 is 1.79 bits per heavy atom. The van der Waals surface area contributed by atoms with Gasteiger partial charge in [0.05, 0.1) is 0 Å². The first-order valence-corrected chi connectivity index (χ1v) is 7.14. The van der Waals surface area contributed by atoms with E-state index < -0.39 is 0 Å². The molecule has 1 aliphatic rings. The molecule has 19 heavy (non-hydrogen) atoms. The zero-order valence-electron chi connectivity index (χ0n) is 12.9. The summed E-state index contributed by atoms with van der Waals surface area (Å²) in [5, 5.41) is 0. The first-order valence-electron chi connectivity index (χ1n) is 7.14. The molecule has 112 valence electrons. The molecular formula is C14H28N2O3. The van der Waals surface area contributed by atoms with Crippen molar-refractivity contribution < 1.29 is 14.3 Å². The van der Waals surface area contributed by atoms with Crippen LogP contribution in [-0.4, -0.2) is 66.9 Å². The lowest BCUT2D eigenvalue weighted by Gasteiger charge is -2.47. The Balaban J connectivity index is 2.55. The number of carbonyl (C=O) groups is 1. The van der Waals surface area contributed by atoms with Gasteiger partial charge >= 0.3 is 0 Å². The molecule has 0 aromatic carbocycles. The number of hydrogen-bond donors (Lipinski definition) is 0. The minimum Gasteiger partial charge on any atom is -0.352 e. The van der Waals surface area contributed by atoms with E-state index >= 15 is 0 Å². The molecule has 0 radical (unpaired) electrons. The lowest BCUT2D eigenvalue weighted by atomic mass is 9.98. The van der Waals surface area contributed by atoms with Crippen LogP contribution in [0.5, 0.6) is 0 Å². The maximum absolute atomic E-state index is 11.6. The second kappa shape index (κ2) is 7.22. The largest absolute Gasteiger partial charge is 0.352 e. The van der Waals surface area contributed by atoms with Gasteiger partial charge in [-0.1, -0.05) is 0 Å². The number of piperazine rings is 1. The van der Waals surface area contributed by atoms with Gasteiger partial charge in [0.15, 0.2) is 6.29 Å². The topological polar surface area (TPSA) is 42.0 Å². The molecular weight excluding hydrogens is 244 g/mol. The van der Waals surface area contributed by atoms with Gasteiger partial charge in [-0.25, -0.2) is 0 Å². The van der Waals surface area contributed by atoms with Gasteiger partial charge in [-0.3, -0.25) is 9.69 Å². The van der Waals surface area contributed by atoms with E-state index in [1.807, 2.05) is 18.7 Å². The van der Waals surface area contributed by atoms with E-state index in [1.165, 1.54) is 0 Å². The Morgan fingerprint density at radius 3 is 2.21 bits per heavy atom. The van der Waals surface area contributed by atoms with Crippen LogP contribution in [0.3, 0.4) is 0 Å². The summed E-state index contributed by atoms with van der Waals surface area (Å²) in [6, 6.07) is 0. The van der Waals surface area contributed by atoms with Gasteiger partial charge in [0.1, 0.15) is 0 Å². The Hall–Kier alpha value is -0.650. The molecule has 1 amide bonds. The molecule has 0 spiro atoms. The molecule has 0 aromatic rings. The summed E-state index contributed by atoms with van der Waals surface area (Å²) >= 11 is 0. The summed E-state index contributed by atoms with van der Waals surface area (Å²) in [5.74, 6) is 0.149. The van der Waals surface area contributed by atoms with Crippen molar-refractivity contribution in [3.05, 3.63) is 0 Å². The zero-order valence-corrected chi connectivity index (χ0v) is 12.9. The molecule has 0 aromatic heterocycles. The summed E-state index contributed by atoms with van der Waals surface area (Å²) in [5.41, 5.74) is -0.132. The number of carbonyl (C=O) groups excluding carboxylic acids is 1. The van der Waals surface area contributed by atoms with Crippen LogP contribution in [-0.2, 0) is 14.3 Å². The van der Waals surface area contributed by atoms with E-state index in [1.54, 1.807) is 6.92 Å². The van der Waals surface area contributed by atoms with Crippen LogP contribution in [0, 0.1) is 0 Å². The minimum absolute atomic E-state index is 0.132. The predicted molar refractivity (Wildman–Crippen MR) is 74.9 cm³/mol. The second-order valence-corrected chi connectivity index (χ2v) is 5.56. The van der Waals surface area contributed by atoms with Crippen molar-refractivity contribution in [3.63, 3.8) is 0 Å². The maximum Gasteiger partial charge on any atom is 0.219 e. The number of nitrogens with zero attached hydrogens (tertiary/aromatic N) is 2. The molecule has 5 nitrogen and oxygen atoms in total. The normalized spacial score (nSPS) is 20.0. The third kappa shape index (κ3) is 4.75.